The minimum absolute atomic E-state index is 0.113. The van der Waals surface area contributed by atoms with E-state index >= 15 is 0 Å². The van der Waals surface area contributed by atoms with Crippen LogP contribution in [-0.4, -0.2) is 15.2 Å². The SMILES string of the molecule is CC(C)(C)c1ccnc(-c2nnc(C(F)(F)F)[n-]2)c1. The molecular weight excluding hydrogens is 257 g/mol. The molecule has 19 heavy (non-hydrogen) atoms. The summed E-state index contributed by atoms with van der Waals surface area (Å²) < 4.78 is 37.2. The highest BCUT2D eigenvalue weighted by Gasteiger charge is 2.29. The summed E-state index contributed by atoms with van der Waals surface area (Å²) in [6.07, 6.45) is -3.06. The van der Waals surface area contributed by atoms with Gasteiger partial charge in [0.2, 0.25) is 0 Å². The van der Waals surface area contributed by atoms with Crippen molar-refractivity contribution in [1.82, 2.24) is 20.2 Å². The topological polar surface area (TPSA) is 52.8 Å². The summed E-state index contributed by atoms with van der Waals surface area (Å²) in [4.78, 5) is 7.35. The number of pyridine rings is 1. The summed E-state index contributed by atoms with van der Waals surface area (Å²) in [6, 6.07) is 3.49. The zero-order valence-electron chi connectivity index (χ0n) is 10.7. The van der Waals surface area contributed by atoms with Gasteiger partial charge in [-0.15, -0.1) is 0 Å². The van der Waals surface area contributed by atoms with Crippen molar-refractivity contribution in [1.29, 1.82) is 0 Å². The van der Waals surface area contributed by atoms with Gasteiger partial charge in [0.05, 0.1) is 11.5 Å². The molecule has 0 aliphatic carbocycles. The Morgan fingerprint density at radius 1 is 1.11 bits per heavy atom. The lowest BCUT2D eigenvalue weighted by atomic mass is 9.87. The lowest BCUT2D eigenvalue weighted by Crippen LogP contribution is -2.11. The lowest BCUT2D eigenvalue weighted by Gasteiger charge is -2.19. The van der Waals surface area contributed by atoms with Crippen LogP contribution in [-0.2, 0) is 11.6 Å². The lowest BCUT2D eigenvalue weighted by molar-refractivity contribution is -0.145. The predicted octanol–water partition coefficient (Wildman–Crippen LogP) is 2.81. The van der Waals surface area contributed by atoms with E-state index in [4.69, 9.17) is 0 Å². The number of halogens is 3. The third kappa shape index (κ3) is 2.91. The minimum atomic E-state index is -4.59. The van der Waals surface area contributed by atoms with Gasteiger partial charge in [0, 0.05) is 12.0 Å². The molecule has 0 saturated heterocycles. The van der Waals surface area contributed by atoms with Crippen LogP contribution in [0.1, 0.15) is 32.2 Å². The molecule has 2 rings (SSSR count). The van der Waals surface area contributed by atoms with Gasteiger partial charge in [0.25, 0.3) is 0 Å². The second kappa shape index (κ2) is 4.32. The quantitative estimate of drug-likeness (QED) is 0.798. The zero-order chi connectivity index (χ0) is 14.3. The van der Waals surface area contributed by atoms with Crippen LogP contribution in [0.15, 0.2) is 18.3 Å². The Morgan fingerprint density at radius 3 is 2.32 bits per heavy atom. The fourth-order valence-electron chi connectivity index (χ4n) is 1.49. The van der Waals surface area contributed by atoms with E-state index in [2.05, 4.69) is 20.2 Å². The Labute approximate surface area is 108 Å². The molecule has 7 heteroatoms. The predicted molar refractivity (Wildman–Crippen MR) is 62.3 cm³/mol. The number of hydrogen-bond acceptors (Lipinski definition) is 3. The number of nitrogens with zero attached hydrogens (tertiary/aromatic N) is 4. The van der Waals surface area contributed by atoms with E-state index in [1.807, 2.05) is 26.8 Å². The van der Waals surface area contributed by atoms with E-state index in [9.17, 15) is 13.2 Å². The zero-order valence-corrected chi connectivity index (χ0v) is 10.7. The maximum atomic E-state index is 12.4. The number of aromatic nitrogens is 4. The fraction of sp³-hybridized carbons (Fsp3) is 0.417. The van der Waals surface area contributed by atoms with Crippen LogP contribution < -0.4 is 4.98 Å². The van der Waals surface area contributed by atoms with Gasteiger partial charge in [-0.2, -0.15) is 13.2 Å². The maximum Gasteiger partial charge on any atom is 0.421 e. The summed E-state index contributed by atoms with van der Waals surface area (Å²) in [5.74, 6) is -1.36. The van der Waals surface area contributed by atoms with Gasteiger partial charge < -0.3 is 15.2 Å². The molecule has 0 spiro atoms. The second-order valence-electron chi connectivity index (χ2n) is 5.14. The summed E-state index contributed by atoms with van der Waals surface area (Å²) in [5.41, 5.74) is 1.09. The third-order valence-electron chi connectivity index (χ3n) is 2.56. The summed E-state index contributed by atoms with van der Waals surface area (Å²) >= 11 is 0. The second-order valence-corrected chi connectivity index (χ2v) is 5.14. The summed E-state index contributed by atoms with van der Waals surface area (Å²) in [7, 11) is 0. The molecule has 0 saturated carbocycles. The van der Waals surface area contributed by atoms with Crippen molar-refractivity contribution in [3.8, 4) is 11.5 Å². The van der Waals surface area contributed by atoms with Crippen molar-refractivity contribution in [3.63, 3.8) is 0 Å². The Bertz CT molecular complexity index is 581. The first kappa shape index (κ1) is 13.5. The maximum absolute atomic E-state index is 12.4. The average molecular weight is 269 g/mol. The normalized spacial score (nSPS) is 12.7. The molecule has 2 aromatic rings. The van der Waals surface area contributed by atoms with Gasteiger partial charge in [-0.05, 0) is 23.1 Å². The van der Waals surface area contributed by atoms with Gasteiger partial charge in [0.1, 0.15) is 0 Å². The van der Waals surface area contributed by atoms with Gasteiger partial charge >= 0.3 is 6.18 Å². The molecule has 0 bridgehead atoms. The van der Waals surface area contributed by atoms with E-state index in [0.29, 0.717) is 0 Å². The van der Waals surface area contributed by atoms with Crippen molar-refractivity contribution in [2.45, 2.75) is 32.4 Å². The molecule has 0 atom stereocenters. The van der Waals surface area contributed by atoms with Crippen molar-refractivity contribution < 1.29 is 13.2 Å². The third-order valence-corrected chi connectivity index (χ3v) is 2.56. The van der Waals surface area contributed by atoms with E-state index in [-0.39, 0.29) is 16.9 Å². The Balaban J connectivity index is 2.40. The Hall–Kier alpha value is -1.92. The molecule has 0 aliphatic heterocycles. The molecule has 0 aromatic carbocycles. The molecule has 0 aliphatic rings. The number of alkyl halides is 3. The Morgan fingerprint density at radius 2 is 1.79 bits per heavy atom. The van der Waals surface area contributed by atoms with Gasteiger partial charge in [-0.3, -0.25) is 4.98 Å². The molecule has 102 valence electrons. The van der Waals surface area contributed by atoms with Crippen molar-refractivity contribution in [2.75, 3.05) is 0 Å². The highest BCUT2D eigenvalue weighted by atomic mass is 19.4. The minimum Gasteiger partial charge on any atom is -0.352 e. The standard InChI is InChI=1S/C12H12F3N4/c1-11(2,3)7-4-5-16-8(6-7)9-17-10(19-18-9)12(13,14)15/h4-6H,1-3H3/q-1. The van der Waals surface area contributed by atoms with Gasteiger partial charge in [-0.25, -0.2) is 0 Å². The van der Waals surface area contributed by atoms with E-state index in [1.165, 1.54) is 6.20 Å². The summed E-state index contributed by atoms with van der Waals surface area (Å²) in [6.45, 7) is 5.99. The highest BCUT2D eigenvalue weighted by Crippen LogP contribution is 2.28. The molecule has 2 aromatic heterocycles. The molecule has 4 nitrogen and oxygen atoms in total. The molecule has 0 N–H and O–H groups in total. The molecule has 0 amide bonds. The molecule has 0 unspecified atom stereocenters. The number of hydrogen-bond donors (Lipinski definition) is 0. The molecule has 2 heterocycles. The largest absolute Gasteiger partial charge is 0.421 e. The molecule has 0 radical (unpaired) electrons. The average Bonchev–Trinajstić information content (AvgIpc) is 2.77. The van der Waals surface area contributed by atoms with Crippen LogP contribution in [0.3, 0.4) is 0 Å². The molecule has 0 fully saturated rings. The fourth-order valence-corrected chi connectivity index (χ4v) is 1.49. The van der Waals surface area contributed by atoms with E-state index in [1.54, 1.807) is 6.07 Å². The van der Waals surface area contributed by atoms with Crippen LogP contribution in [0.5, 0.6) is 0 Å². The van der Waals surface area contributed by atoms with Crippen LogP contribution >= 0.6 is 0 Å². The Kier molecular flexibility index (Phi) is 3.07. The smallest absolute Gasteiger partial charge is 0.352 e. The van der Waals surface area contributed by atoms with E-state index in [0.717, 1.165) is 5.56 Å². The van der Waals surface area contributed by atoms with Crippen LogP contribution in [0.25, 0.3) is 11.5 Å². The van der Waals surface area contributed by atoms with Crippen LogP contribution in [0, 0.1) is 0 Å². The van der Waals surface area contributed by atoms with Gasteiger partial charge in [0.15, 0.2) is 0 Å². The van der Waals surface area contributed by atoms with E-state index < -0.39 is 12.0 Å². The van der Waals surface area contributed by atoms with Crippen molar-refractivity contribution in [2.24, 2.45) is 0 Å². The molecular formula is C12H12F3N4-. The first-order chi connectivity index (χ1) is 8.68. The summed E-state index contributed by atoms with van der Waals surface area (Å²) in [5, 5.41) is 6.46. The van der Waals surface area contributed by atoms with Crippen LogP contribution in [0.2, 0.25) is 0 Å². The monoisotopic (exact) mass is 269 g/mol. The first-order valence-electron chi connectivity index (χ1n) is 5.59. The van der Waals surface area contributed by atoms with Crippen LogP contribution in [0.4, 0.5) is 13.2 Å². The highest BCUT2D eigenvalue weighted by molar-refractivity contribution is 5.50. The van der Waals surface area contributed by atoms with Crippen molar-refractivity contribution in [3.05, 3.63) is 29.7 Å². The number of rotatable bonds is 1. The van der Waals surface area contributed by atoms with Crippen molar-refractivity contribution >= 4 is 0 Å². The first-order valence-corrected chi connectivity index (χ1v) is 5.59. The van der Waals surface area contributed by atoms with Gasteiger partial charge in [-0.1, -0.05) is 20.8 Å².